The Hall–Kier alpha value is -1.83. The lowest BCUT2D eigenvalue weighted by Gasteiger charge is -2.21. The molecule has 19 heavy (non-hydrogen) atoms. The second kappa shape index (κ2) is 5.04. The highest BCUT2D eigenvalue weighted by molar-refractivity contribution is 7.87. The summed E-state index contributed by atoms with van der Waals surface area (Å²) in [5.74, 6) is 0. The molecule has 0 saturated heterocycles. The lowest BCUT2D eigenvalue weighted by molar-refractivity contribution is 0.462. The summed E-state index contributed by atoms with van der Waals surface area (Å²) in [4.78, 5) is -1.88. The third-order valence-electron chi connectivity index (χ3n) is 2.62. The summed E-state index contributed by atoms with van der Waals surface area (Å²) in [6, 6.07) is 8.73. The Balaban J connectivity index is 2.11. The van der Waals surface area contributed by atoms with Gasteiger partial charge in [0.2, 0.25) is 0 Å². The van der Waals surface area contributed by atoms with Crippen LogP contribution in [0.4, 0.5) is 5.69 Å². The standard InChI is InChI=1S/C12H13N3O3S/c13-12(19(16,17)18)8-6-11(7-9-12)15-14-10-4-2-1-3-5-10/h1-9,11H,13H2,(H,16,17,18)/b15-14+. The second-order valence-corrected chi connectivity index (χ2v) is 5.75. The van der Waals surface area contributed by atoms with Gasteiger partial charge in [-0.25, -0.2) is 0 Å². The Bertz CT molecular complexity index is 621. The molecule has 0 amide bonds. The molecule has 0 fully saturated rings. The van der Waals surface area contributed by atoms with Gasteiger partial charge in [-0.15, -0.1) is 0 Å². The van der Waals surface area contributed by atoms with Crippen molar-refractivity contribution in [3.8, 4) is 0 Å². The maximum absolute atomic E-state index is 11.1. The van der Waals surface area contributed by atoms with Gasteiger partial charge in [-0.2, -0.15) is 18.6 Å². The fraction of sp³-hybridized carbons (Fsp3) is 0.167. The molecule has 0 radical (unpaired) electrons. The van der Waals surface area contributed by atoms with Crippen LogP contribution in [0.15, 0.2) is 64.9 Å². The van der Waals surface area contributed by atoms with Crippen molar-refractivity contribution in [1.82, 2.24) is 0 Å². The van der Waals surface area contributed by atoms with E-state index in [9.17, 15) is 8.42 Å². The van der Waals surface area contributed by atoms with Gasteiger partial charge >= 0.3 is 0 Å². The number of nitrogens with two attached hydrogens (primary N) is 1. The van der Waals surface area contributed by atoms with Crippen molar-refractivity contribution in [1.29, 1.82) is 0 Å². The van der Waals surface area contributed by atoms with Crippen molar-refractivity contribution in [2.45, 2.75) is 10.9 Å². The van der Waals surface area contributed by atoms with Gasteiger partial charge in [0.15, 0.2) is 4.87 Å². The molecule has 0 aliphatic heterocycles. The minimum atomic E-state index is -4.38. The Morgan fingerprint density at radius 3 is 2.26 bits per heavy atom. The summed E-state index contributed by atoms with van der Waals surface area (Å²) in [6.07, 6.45) is 5.33. The first-order valence-corrected chi connectivity index (χ1v) is 6.95. The molecule has 2 rings (SSSR count). The average Bonchev–Trinajstić information content (AvgIpc) is 2.38. The predicted molar refractivity (Wildman–Crippen MR) is 71.5 cm³/mol. The molecule has 3 N–H and O–H groups in total. The molecule has 7 heteroatoms. The summed E-state index contributed by atoms with van der Waals surface area (Å²) >= 11 is 0. The first kappa shape index (κ1) is 13.6. The molecule has 0 saturated carbocycles. The zero-order valence-electron chi connectivity index (χ0n) is 9.92. The quantitative estimate of drug-likeness (QED) is 0.500. The van der Waals surface area contributed by atoms with Crippen LogP contribution in [-0.2, 0) is 10.1 Å². The van der Waals surface area contributed by atoms with Crippen LogP contribution in [0.5, 0.6) is 0 Å². The molecule has 1 aromatic rings. The maximum atomic E-state index is 11.1. The van der Waals surface area contributed by atoms with Crippen LogP contribution < -0.4 is 5.73 Å². The van der Waals surface area contributed by atoms with Crippen LogP contribution in [0.2, 0.25) is 0 Å². The van der Waals surface area contributed by atoms with E-state index in [1.54, 1.807) is 12.1 Å². The number of azo groups is 1. The summed E-state index contributed by atoms with van der Waals surface area (Å²) < 4.78 is 31.1. The molecule has 0 spiro atoms. The van der Waals surface area contributed by atoms with Gasteiger partial charge in [0.25, 0.3) is 10.1 Å². The van der Waals surface area contributed by atoms with E-state index in [4.69, 9.17) is 10.3 Å². The van der Waals surface area contributed by atoms with Crippen LogP contribution >= 0.6 is 0 Å². The minimum Gasteiger partial charge on any atom is -0.304 e. The molecule has 0 atom stereocenters. The first-order chi connectivity index (χ1) is 8.91. The molecular formula is C12H13N3O3S. The molecule has 1 aromatic carbocycles. The SMILES string of the molecule is NC1(S(=O)(=O)O)C=CC(/N=N/c2ccccc2)C=C1. The van der Waals surface area contributed by atoms with Crippen molar-refractivity contribution < 1.29 is 13.0 Å². The largest absolute Gasteiger partial charge is 0.304 e. The predicted octanol–water partition coefficient (Wildman–Crippen LogP) is 1.81. The fourth-order valence-electron chi connectivity index (χ4n) is 1.49. The third-order valence-corrected chi connectivity index (χ3v) is 3.78. The van der Waals surface area contributed by atoms with Gasteiger partial charge in [-0.3, -0.25) is 4.55 Å². The van der Waals surface area contributed by atoms with Crippen molar-refractivity contribution in [3.63, 3.8) is 0 Å². The maximum Gasteiger partial charge on any atom is 0.291 e. The fourth-order valence-corrected chi connectivity index (χ4v) is 2.00. The van der Waals surface area contributed by atoms with Crippen molar-refractivity contribution in [3.05, 3.63) is 54.6 Å². The summed E-state index contributed by atoms with van der Waals surface area (Å²) in [5.41, 5.74) is 6.22. The van der Waals surface area contributed by atoms with E-state index in [0.29, 0.717) is 5.69 Å². The summed E-state index contributed by atoms with van der Waals surface area (Å²) in [7, 11) is -4.38. The molecule has 0 bridgehead atoms. The number of nitrogens with zero attached hydrogens (tertiary/aromatic N) is 2. The van der Waals surface area contributed by atoms with Crippen molar-refractivity contribution in [2.24, 2.45) is 16.0 Å². The van der Waals surface area contributed by atoms with Crippen molar-refractivity contribution >= 4 is 15.8 Å². The van der Waals surface area contributed by atoms with Crippen LogP contribution in [0.25, 0.3) is 0 Å². The number of hydrogen-bond donors (Lipinski definition) is 2. The van der Waals surface area contributed by atoms with Gasteiger partial charge in [0.05, 0.1) is 5.69 Å². The molecule has 100 valence electrons. The lowest BCUT2D eigenvalue weighted by Crippen LogP contribution is -2.45. The molecule has 1 aliphatic rings. The first-order valence-electron chi connectivity index (χ1n) is 5.51. The molecule has 0 aromatic heterocycles. The van der Waals surface area contributed by atoms with Gasteiger partial charge in [0, 0.05) is 0 Å². The molecule has 0 unspecified atom stereocenters. The Labute approximate surface area is 111 Å². The Kier molecular flexibility index (Phi) is 3.61. The zero-order valence-corrected chi connectivity index (χ0v) is 10.7. The van der Waals surface area contributed by atoms with E-state index in [1.807, 2.05) is 18.2 Å². The van der Waals surface area contributed by atoms with E-state index in [1.165, 1.54) is 24.3 Å². The van der Waals surface area contributed by atoms with Crippen LogP contribution in [0.1, 0.15) is 0 Å². The number of rotatable bonds is 3. The van der Waals surface area contributed by atoms with E-state index < -0.39 is 21.0 Å². The third kappa shape index (κ3) is 3.14. The van der Waals surface area contributed by atoms with E-state index in [2.05, 4.69) is 10.2 Å². The van der Waals surface area contributed by atoms with E-state index >= 15 is 0 Å². The summed E-state index contributed by atoms with van der Waals surface area (Å²) in [6.45, 7) is 0. The molecule has 1 aliphatic carbocycles. The number of hydrogen-bond acceptors (Lipinski definition) is 5. The average molecular weight is 279 g/mol. The smallest absolute Gasteiger partial charge is 0.291 e. The number of benzene rings is 1. The normalized spacial score (nSPS) is 26.9. The monoisotopic (exact) mass is 279 g/mol. The van der Waals surface area contributed by atoms with Gasteiger partial charge in [-0.05, 0) is 24.3 Å². The summed E-state index contributed by atoms with van der Waals surface area (Å²) in [5, 5.41) is 8.03. The van der Waals surface area contributed by atoms with E-state index in [-0.39, 0.29) is 0 Å². The Morgan fingerprint density at radius 1 is 1.16 bits per heavy atom. The topological polar surface area (TPSA) is 105 Å². The van der Waals surface area contributed by atoms with Crippen molar-refractivity contribution in [2.75, 3.05) is 0 Å². The molecular weight excluding hydrogens is 266 g/mol. The molecule has 6 nitrogen and oxygen atoms in total. The van der Waals surface area contributed by atoms with Gasteiger partial charge in [-0.1, -0.05) is 30.4 Å². The zero-order chi connectivity index (χ0) is 13.9. The van der Waals surface area contributed by atoms with Crippen LogP contribution in [0.3, 0.4) is 0 Å². The Morgan fingerprint density at radius 2 is 1.74 bits per heavy atom. The van der Waals surface area contributed by atoms with Gasteiger partial charge in [0.1, 0.15) is 6.04 Å². The van der Waals surface area contributed by atoms with Crippen LogP contribution in [-0.4, -0.2) is 23.9 Å². The van der Waals surface area contributed by atoms with Gasteiger partial charge < -0.3 is 5.73 Å². The highest BCUT2D eigenvalue weighted by Crippen LogP contribution is 2.20. The van der Waals surface area contributed by atoms with Crippen LogP contribution in [0, 0.1) is 0 Å². The van der Waals surface area contributed by atoms with E-state index in [0.717, 1.165) is 0 Å². The minimum absolute atomic E-state index is 0.404. The highest BCUT2D eigenvalue weighted by atomic mass is 32.2. The highest BCUT2D eigenvalue weighted by Gasteiger charge is 2.35. The molecule has 0 heterocycles. The lowest BCUT2D eigenvalue weighted by atomic mass is 10.1. The second-order valence-electron chi connectivity index (χ2n) is 4.09.